The van der Waals surface area contributed by atoms with Gasteiger partial charge in [-0.2, -0.15) is 0 Å². The zero-order valence-electron chi connectivity index (χ0n) is 13.7. The van der Waals surface area contributed by atoms with Crippen molar-refractivity contribution in [1.29, 1.82) is 0 Å². The van der Waals surface area contributed by atoms with Crippen LogP contribution in [0.3, 0.4) is 0 Å². The summed E-state index contributed by atoms with van der Waals surface area (Å²) < 4.78 is 10.5. The summed E-state index contributed by atoms with van der Waals surface area (Å²) in [7, 11) is 0. The monoisotopic (exact) mass is 287 g/mol. The van der Waals surface area contributed by atoms with Crippen molar-refractivity contribution in [3.05, 3.63) is 0 Å². The van der Waals surface area contributed by atoms with Crippen molar-refractivity contribution in [1.82, 2.24) is 0 Å². The predicted octanol–water partition coefficient (Wildman–Crippen LogP) is 3.14. The van der Waals surface area contributed by atoms with E-state index in [1.165, 1.54) is 0 Å². The van der Waals surface area contributed by atoms with E-state index < -0.39 is 0 Å². The predicted molar refractivity (Wildman–Crippen MR) is 82.5 cm³/mol. The summed E-state index contributed by atoms with van der Waals surface area (Å²) >= 11 is 0. The zero-order valence-corrected chi connectivity index (χ0v) is 13.7. The first-order chi connectivity index (χ1) is 9.41. The van der Waals surface area contributed by atoms with Crippen molar-refractivity contribution >= 4 is 5.97 Å². The molecule has 2 N–H and O–H groups in total. The van der Waals surface area contributed by atoms with E-state index in [0.29, 0.717) is 32.1 Å². The van der Waals surface area contributed by atoms with Crippen LogP contribution in [-0.4, -0.2) is 32.3 Å². The minimum atomic E-state index is -0.129. The molecule has 0 bridgehead atoms. The molecule has 0 aromatic heterocycles. The van der Waals surface area contributed by atoms with Gasteiger partial charge in [0, 0.05) is 13.0 Å². The first-order valence-electron chi connectivity index (χ1n) is 7.85. The Balaban J connectivity index is 3.74. The molecule has 0 fully saturated rings. The van der Waals surface area contributed by atoms with E-state index in [4.69, 9.17) is 15.2 Å². The number of unbranched alkanes of at least 4 members (excludes halogenated alkanes) is 1. The van der Waals surface area contributed by atoms with E-state index in [1.54, 1.807) is 0 Å². The van der Waals surface area contributed by atoms with Crippen LogP contribution in [0.2, 0.25) is 0 Å². The van der Waals surface area contributed by atoms with Gasteiger partial charge in [-0.1, -0.05) is 34.1 Å². The maximum absolute atomic E-state index is 11.7. The van der Waals surface area contributed by atoms with Gasteiger partial charge in [0.25, 0.3) is 0 Å². The van der Waals surface area contributed by atoms with Gasteiger partial charge in [0.2, 0.25) is 0 Å². The van der Waals surface area contributed by atoms with Gasteiger partial charge in [-0.15, -0.1) is 0 Å². The molecule has 0 saturated carbocycles. The lowest BCUT2D eigenvalue weighted by Crippen LogP contribution is -2.24. The molecule has 1 unspecified atom stereocenters. The lowest BCUT2D eigenvalue weighted by atomic mass is 9.76. The molecule has 0 aromatic carbocycles. The van der Waals surface area contributed by atoms with Crippen molar-refractivity contribution in [2.24, 2.45) is 17.1 Å². The largest absolute Gasteiger partial charge is 0.463 e. The molecule has 0 aliphatic rings. The van der Waals surface area contributed by atoms with Crippen LogP contribution in [0.15, 0.2) is 0 Å². The third kappa shape index (κ3) is 10.2. The number of carbonyl (C=O) groups excluding carboxylic acids is 1. The summed E-state index contributed by atoms with van der Waals surface area (Å²) in [4.78, 5) is 11.7. The molecule has 0 spiro atoms. The molecule has 0 amide bonds. The van der Waals surface area contributed by atoms with Gasteiger partial charge in [0.1, 0.15) is 6.61 Å². The number of nitrogens with two attached hydrogens (primary N) is 1. The van der Waals surface area contributed by atoms with Crippen LogP contribution in [0.1, 0.15) is 59.8 Å². The Morgan fingerprint density at radius 3 is 2.40 bits per heavy atom. The van der Waals surface area contributed by atoms with Gasteiger partial charge < -0.3 is 15.2 Å². The number of carbonyl (C=O) groups is 1. The minimum Gasteiger partial charge on any atom is -0.463 e. The Labute approximate surface area is 124 Å². The molecule has 0 radical (unpaired) electrons. The van der Waals surface area contributed by atoms with Crippen molar-refractivity contribution in [2.45, 2.75) is 59.8 Å². The van der Waals surface area contributed by atoms with E-state index in [0.717, 1.165) is 32.3 Å². The molecule has 120 valence electrons. The molecular formula is C16H33NO3. The standard InChI is InChI=1S/C16H33NO3/c1-5-6-11-19-12-13-20-15(18)8-7-14(9-10-17)16(2,3)4/h14H,5-13,17H2,1-4H3. The molecule has 0 rings (SSSR count). The van der Waals surface area contributed by atoms with Crippen LogP contribution in [-0.2, 0) is 14.3 Å². The smallest absolute Gasteiger partial charge is 0.305 e. The molecule has 0 saturated heterocycles. The summed E-state index contributed by atoms with van der Waals surface area (Å²) in [5, 5.41) is 0. The molecule has 0 aliphatic carbocycles. The topological polar surface area (TPSA) is 61.5 Å². The number of esters is 1. The second-order valence-electron chi connectivity index (χ2n) is 6.37. The second kappa shape index (κ2) is 11.1. The second-order valence-corrected chi connectivity index (χ2v) is 6.37. The molecule has 1 atom stereocenters. The van der Waals surface area contributed by atoms with Gasteiger partial charge in [0.15, 0.2) is 0 Å². The fraction of sp³-hybridized carbons (Fsp3) is 0.938. The van der Waals surface area contributed by atoms with E-state index in [-0.39, 0.29) is 11.4 Å². The van der Waals surface area contributed by atoms with E-state index in [1.807, 2.05) is 0 Å². The van der Waals surface area contributed by atoms with Crippen LogP contribution in [0.4, 0.5) is 0 Å². The molecular weight excluding hydrogens is 254 g/mol. The van der Waals surface area contributed by atoms with Gasteiger partial charge in [-0.05, 0) is 37.1 Å². The highest BCUT2D eigenvalue weighted by molar-refractivity contribution is 5.69. The van der Waals surface area contributed by atoms with Crippen molar-refractivity contribution in [3.63, 3.8) is 0 Å². The fourth-order valence-corrected chi connectivity index (χ4v) is 2.14. The maximum atomic E-state index is 11.7. The minimum absolute atomic E-state index is 0.129. The lowest BCUT2D eigenvalue weighted by molar-refractivity contribution is -0.145. The zero-order chi connectivity index (χ0) is 15.4. The average molecular weight is 287 g/mol. The van der Waals surface area contributed by atoms with Crippen molar-refractivity contribution in [2.75, 3.05) is 26.4 Å². The molecule has 0 heterocycles. The van der Waals surface area contributed by atoms with Crippen LogP contribution in [0, 0.1) is 11.3 Å². The molecule has 20 heavy (non-hydrogen) atoms. The van der Waals surface area contributed by atoms with Crippen LogP contribution in [0.25, 0.3) is 0 Å². The summed E-state index contributed by atoms with van der Waals surface area (Å²) in [6, 6.07) is 0. The van der Waals surface area contributed by atoms with Gasteiger partial charge >= 0.3 is 5.97 Å². The summed E-state index contributed by atoms with van der Waals surface area (Å²) in [6.07, 6.45) is 4.44. The number of hydrogen-bond acceptors (Lipinski definition) is 4. The Kier molecular flexibility index (Phi) is 10.8. The third-order valence-electron chi connectivity index (χ3n) is 3.57. The van der Waals surface area contributed by atoms with Gasteiger partial charge in [-0.3, -0.25) is 4.79 Å². The number of rotatable bonds is 11. The molecule has 0 aliphatic heterocycles. The fourth-order valence-electron chi connectivity index (χ4n) is 2.14. The normalized spacial score (nSPS) is 13.2. The van der Waals surface area contributed by atoms with Crippen molar-refractivity contribution < 1.29 is 14.3 Å². The summed E-state index contributed by atoms with van der Waals surface area (Å²) in [6.45, 7) is 11.0. The average Bonchev–Trinajstić information content (AvgIpc) is 2.37. The maximum Gasteiger partial charge on any atom is 0.305 e. The highest BCUT2D eigenvalue weighted by atomic mass is 16.6. The first-order valence-corrected chi connectivity index (χ1v) is 7.85. The molecule has 4 heteroatoms. The Morgan fingerprint density at radius 2 is 1.85 bits per heavy atom. The Morgan fingerprint density at radius 1 is 1.15 bits per heavy atom. The highest BCUT2D eigenvalue weighted by Gasteiger charge is 2.24. The highest BCUT2D eigenvalue weighted by Crippen LogP contribution is 2.32. The number of ether oxygens (including phenoxy) is 2. The quantitative estimate of drug-likeness (QED) is 0.468. The molecule has 0 aromatic rings. The van der Waals surface area contributed by atoms with E-state index >= 15 is 0 Å². The first kappa shape index (κ1) is 19.4. The van der Waals surface area contributed by atoms with Crippen LogP contribution >= 0.6 is 0 Å². The SMILES string of the molecule is CCCCOCCOC(=O)CCC(CCN)C(C)(C)C. The van der Waals surface area contributed by atoms with E-state index in [9.17, 15) is 4.79 Å². The van der Waals surface area contributed by atoms with Crippen molar-refractivity contribution in [3.8, 4) is 0 Å². The number of hydrogen-bond donors (Lipinski definition) is 1. The third-order valence-corrected chi connectivity index (χ3v) is 3.57. The lowest BCUT2D eigenvalue weighted by Gasteiger charge is -2.30. The Bertz CT molecular complexity index is 249. The van der Waals surface area contributed by atoms with Gasteiger partial charge in [-0.25, -0.2) is 0 Å². The van der Waals surface area contributed by atoms with E-state index in [2.05, 4.69) is 27.7 Å². The van der Waals surface area contributed by atoms with Crippen LogP contribution in [0.5, 0.6) is 0 Å². The summed E-state index contributed by atoms with van der Waals surface area (Å²) in [5.74, 6) is 0.330. The van der Waals surface area contributed by atoms with Crippen LogP contribution < -0.4 is 5.73 Å². The molecule has 4 nitrogen and oxygen atoms in total. The Hall–Kier alpha value is -0.610. The summed E-state index contributed by atoms with van der Waals surface area (Å²) in [5.41, 5.74) is 5.82. The van der Waals surface area contributed by atoms with Gasteiger partial charge in [0.05, 0.1) is 6.61 Å².